The maximum absolute atomic E-state index is 11.7. The number of likely N-dealkylation sites (tertiary alicyclic amines) is 1. The number of nitrogens with one attached hydrogen (secondary N) is 1. The van der Waals surface area contributed by atoms with Gasteiger partial charge in [0.2, 0.25) is 5.91 Å². The zero-order valence-electron chi connectivity index (χ0n) is 7.63. The molecule has 4 heteroatoms. The minimum absolute atomic E-state index is 0.0855. The minimum atomic E-state index is 0.0855. The first-order valence-electron chi connectivity index (χ1n) is 4.94. The molecule has 74 valence electrons. The highest BCUT2D eigenvalue weighted by Crippen LogP contribution is 2.23. The number of nitrogens with zero attached hydrogens (tertiary/aromatic N) is 1. The van der Waals surface area contributed by atoms with Gasteiger partial charge in [0.1, 0.15) is 0 Å². The molecule has 2 saturated heterocycles. The maximum Gasteiger partial charge on any atom is 0.236 e. The van der Waals surface area contributed by atoms with Crippen LogP contribution >= 0.6 is 15.9 Å². The number of halogens is 1. The molecule has 1 N–H and O–H groups in total. The number of alkyl halides is 1. The Labute approximate surface area is 87.0 Å². The fourth-order valence-electron chi connectivity index (χ4n) is 2.15. The van der Waals surface area contributed by atoms with Crippen molar-refractivity contribution in [1.29, 1.82) is 0 Å². The Morgan fingerprint density at radius 3 is 2.54 bits per heavy atom. The van der Waals surface area contributed by atoms with Gasteiger partial charge in [0, 0.05) is 12.6 Å². The second kappa shape index (κ2) is 3.96. The second-order valence-corrected chi connectivity index (χ2v) is 4.87. The van der Waals surface area contributed by atoms with E-state index in [1.54, 1.807) is 0 Å². The zero-order chi connectivity index (χ0) is 9.26. The lowest BCUT2D eigenvalue weighted by atomic mass is 10.1. The van der Waals surface area contributed by atoms with Gasteiger partial charge in [-0.25, -0.2) is 0 Å². The molecule has 0 spiro atoms. The SMILES string of the molecule is O=C1C(Br)CCN1C1CCNCC1. The lowest BCUT2D eigenvalue weighted by Gasteiger charge is -2.31. The van der Waals surface area contributed by atoms with Crippen LogP contribution in [0.25, 0.3) is 0 Å². The summed E-state index contributed by atoms with van der Waals surface area (Å²) in [6.07, 6.45) is 3.21. The smallest absolute Gasteiger partial charge is 0.236 e. The summed E-state index contributed by atoms with van der Waals surface area (Å²) in [7, 11) is 0. The standard InChI is InChI=1S/C9H15BrN2O/c10-8-3-6-12(9(8)13)7-1-4-11-5-2-7/h7-8,11H,1-6H2. The molecule has 1 unspecified atom stereocenters. The molecule has 1 amide bonds. The predicted octanol–water partition coefficient (Wildman–Crippen LogP) is 0.734. The molecule has 2 aliphatic heterocycles. The van der Waals surface area contributed by atoms with Crippen LogP contribution in [0, 0.1) is 0 Å². The van der Waals surface area contributed by atoms with Gasteiger partial charge in [-0.3, -0.25) is 4.79 Å². The van der Waals surface area contributed by atoms with Crippen molar-refractivity contribution in [3.05, 3.63) is 0 Å². The monoisotopic (exact) mass is 246 g/mol. The number of hydrogen-bond acceptors (Lipinski definition) is 2. The Morgan fingerprint density at radius 2 is 2.00 bits per heavy atom. The van der Waals surface area contributed by atoms with E-state index in [0.717, 1.165) is 38.9 Å². The number of rotatable bonds is 1. The summed E-state index contributed by atoms with van der Waals surface area (Å²) in [6, 6.07) is 0.497. The number of amides is 1. The average Bonchev–Trinajstić information content (AvgIpc) is 2.49. The van der Waals surface area contributed by atoms with Crippen LogP contribution in [0.5, 0.6) is 0 Å². The highest BCUT2D eigenvalue weighted by atomic mass is 79.9. The Kier molecular flexibility index (Phi) is 2.89. The topological polar surface area (TPSA) is 32.3 Å². The molecule has 2 aliphatic rings. The van der Waals surface area contributed by atoms with E-state index in [4.69, 9.17) is 0 Å². The number of carbonyl (C=O) groups is 1. The third-order valence-electron chi connectivity index (χ3n) is 2.92. The van der Waals surface area contributed by atoms with Crippen LogP contribution in [0.1, 0.15) is 19.3 Å². The molecule has 13 heavy (non-hydrogen) atoms. The van der Waals surface area contributed by atoms with E-state index in [-0.39, 0.29) is 4.83 Å². The molecule has 2 heterocycles. The van der Waals surface area contributed by atoms with Gasteiger partial charge in [0.05, 0.1) is 4.83 Å². The van der Waals surface area contributed by atoms with Gasteiger partial charge >= 0.3 is 0 Å². The second-order valence-electron chi connectivity index (χ2n) is 3.77. The summed E-state index contributed by atoms with van der Waals surface area (Å²) in [4.78, 5) is 13.8. The summed E-state index contributed by atoms with van der Waals surface area (Å²) in [5.74, 6) is 0.298. The van der Waals surface area contributed by atoms with Gasteiger partial charge in [-0.1, -0.05) is 15.9 Å². The van der Waals surface area contributed by atoms with Crippen LogP contribution in [-0.2, 0) is 4.79 Å². The normalized spacial score (nSPS) is 31.3. The summed E-state index contributed by atoms with van der Waals surface area (Å²) in [5.41, 5.74) is 0. The summed E-state index contributed by atoms with van der Waals surface area (Å²) in [5, 5.41) is 3.31. The van der Waals surface area contributed by atoms with Crippen LogP contribution < -0.4 is 5.32 Å². The molecule has 0 aliphatic carbocycles. The van der Waals surface area contributed by atoms with E-state index < -0.39 is 0 Å². The van der Waals surface area contributed by atoms with Crippen molar-refractivity contribution in [2.24, 2.45) is 0 Å². The van der Waals surface area contributed by atoms with Crippen LogP contribution in [0.15, 0.2) is 0 Å². The summed E-state index contributed by atoms with van der Waals surface area (Å²) >= 11 is 3.40. The van der Waals surface area contributed by atoms with E-state index in [2.05, 4.69) is 26.1 Å². The zero-order valence-corrected chi connectivity index (χ0v) is 9.22. The van der Waals surface area contributed by atoms with Crippen molar-refractivity contribution in [1.82, 2.24) is 10.2 Å². The molecule has 0 aromatic rings. The molecule has 1 atom stereocenters. The lowest BCUT2D eigenvalue weighted by Crippen LogP contribution is -2.44. The molecule has 2 rings (SSSR count). The van der Waals surface area contributed by atoms with Gasteiger partial charge in [-0.15, -0.1) is 0 Å². The molecule has 0 aromatic heterocycles. The molecule has 3 nitrogen and oxygen atoms in total. The third-order valence-corrected chi connectivity index (χ3v) is 3.77. The van der Waals surface area contributed by atoms with E-state index >= 15 is 0 Å². The molecule has 0 bridgehead atoms. The first kappa shape index (κ1) is 9.46. The van der Waals surface area contributed by atoms with E-state index in [1.165, 1.54) is 0 Å². The molecular formula is C9H15BrN2O. The highest BCUT2D eigenvalue weighted by molar-refractivity contribution is 9.10. The Morgan fingerprint density at radius 1 is 1.31 bits per heavy atom. The Hall–Kier alpha value is -0.0900. The van der Waals surface area contributed by atoms with Gasteiger partial charge < -0.3 is 10.2 Å². The highest BCUT2D eigenvalue weighted by Gasteiger charge is 2.34. The van der Waals surface area contributed by atoms with E-state index in [9.17, 15) is 4.79 Å². The van der Waals surface area contributed by atoms with Crippen molar-refractivity contribution in [2.75, 3.05) is 19.6 Å². The van der Waals surface area contributed by atoms with Crippen molar-refractivity contribution < 1.29 is 4.79 Å². The molecule has 2 fully saturated rings. The minimum Gasteiger partial charge on any atom is -0.339 e. The number of piperidine rings is 1. The first-order valence-corrected chi connectivity index (χ1v) is 5.86. The van der Waals surface area contributed by atoms with Crippen molar-refractivity contribution in [3.63, 3.8) is 0 Å². The van der Waals surface area contributed by atoms with Gasteiger partial charge in [0.25, 0.3) is 0 Å². The Bertz CT molecular complexity index is 204. The van der Waals surface area contributed by atoms with E-state index in [0.29, 0.717) is 11.9 Å². The van der Waals surface area contributed by atoms with E-state index in [1.807, 2.05) is 0 Å². The third kappa shape index (κ3) is 1.89. The first-order chi connectivity index (χ1) is 6.29. The maximum atomic E-state index is 11.7. The predicted molar refractivity (Wildman–Crippen MR) is 54.9 cm³/mol. The fraction of sp³-hybridized carbons (Fsp3) is 0.889. The molecule has 0 radical (unpaired) electrons. The number of carbonyl (C=O) groups excluding carboxylic acids is 1. The fourth-order valence-corrected chi connectivity index (χ4v) is 2.61. The van der Waals surface area contributed by atoms with Crippen LogP contribution in [0.4, 0.5) is 0 Å². The van der Waals surface area contributed by atoms with Crippen molar-refractivity contribution in [3.8, 4) is 0 Å². The largest absolute Gasteiger partial charge is 0.339 e. The number of hydrogen-bond donors (Lipinski definition) is 1. The van der Waals surface area contributed by atoms with Crippen LogP contribution in [-0.4, -0.2) is 41.3 Å². The van der Waals surface area contributed by atoms with Gasteiger partial charge in [0.15, 0.2) is 0 Å². The Balaban J connectivity index is 1.96. The van der Waals surface area contributed by atoms with Crippen molar-refractivity contribution >= 4 is 21.8 Å². The average molecular weight is 247 g/mol. The summed E-state index contributed by atoms with van der Waals surface area (Å²) in [6.45, 7) is 3.06. The molecule has 0 saturated carbocycles. The van der Waals surface area contributed by atoms with Crippen LogP contribution in [0.2, 0.25) is 0 Å². The molecule has 0 aromatic carbocycles. The van der Waals surface area contributed by atoms with Crippen molar-refractivity contribution in [2.45, 2.75) is 30.1 Å². The summed E-state index contributed by atoms with van der Waals surface area (Å²) < 4.78 is 0. The quantitative estimate of drug-likeness (QED) is 0.693. The van der Waals surface area contributed by atoms with Crippen LogP contribution in [0.3, 0.4) is 0 Å². The lowest BCUT2D eigenvalue weighted by molar-refractivity contribution is -0.129. The van der Waals surface area contributed by atoms with Gasteiger partial charge in [-0.05, 0) is 32.4 Å². The molecular weight excluding hydrogens is 232 g/mol. The van der Waals surface area contributed by atoms with Gasteiger partial charge in [-0.2, -0.15) is 0 Å².